The van der Waals surface area contributed by atoms with Crippen molar-refractivity contribution in [2.24, 2.45) is 0 Å². The Morgan fingerprint density at radius 1 is 1.00 bits per heavy atom. The number of amides is 1. The van der Waals surface area contributed by atoms with Gasteiger partial charge in [0.2, 0.25) is 0 Å². The van der Waals surface area contributed by atoms with Gasteiger partial charge in [-0.05, 0) is 17.7 Å². The molecule has 6 nitrogen and oxygen atoms in total. The highest BCUT2D eigenvalue weighted by Gasteiger charge is 2.31. The van der Waals surface area contributed by atoms with Crippen LogP contribution in [0.5, 0.6) is 5.75 Å². The molecule has 0 saturated carbocycles. The van der Waals surface area contributed by atoms with E-state index in [9.17, 15) is 22.8 Å². The van der Waals surface area contributed by atoms with Crippen molar-refractivity contribution in [1.82, 2.24) is 4.98 Å². The van der Waals surface area contributed by atoms with Gasteiger partial charge in [0.15, 0.2) is 19.0 Å². The van der Waals surface area contributed by atoms with Gasteiger partial charge in [-0.3, -0.25) is 4.79 Å². The van der Waals surface area contributed by atoms with Gasteiger partial charge in [0.25, 0.3) is 5.91 Å². The number of halogens is 4. The largest absolute Gasteiger partial charge is 0.481 e. The van der Waals surface area contributed by atoms with Crippen LogP contribution in [0.2, 0.25) is 5.02 Å². The number of para-hydroxylation sites is 1. The Balaban J connectivity index is 1.51. The molecule has 0 bridgehead atoms. The van der Waals surface area contributed by atoms with Crippen LogP contribution >= 0.6 is 11.6 Å². The molecular weight excluding hydrogens is 449 g/mol. The van der Waals surface area contributed by atoms with Crippen LogP contribution in [0, 0.1) is 0 Å². The first-order chi connectivity index (χ1) is 15.2. The fourth-order valence-electron chi connectivity index (χ4n) is 2.63. The number of aromatic nitrogens is 1. The van der Waals surface area contributed by atoms with Gasteiger partial charge >= 0.3 is 12.1 Å². The van der Waals surface area contributed by atoms with Crippen molar-refractivity contribution in [2.45, 2.75) is 6.18 Å². The second-order valence-electron chi connectivity index (χ2n) is 6.41. The van der Waals surface area contributed by atoms with E-state index in [0.29, 0.717) is 18.0 Å². The number of nitrogens with one attached hydrogen (secondary N) is 1. The third-order valence-corrected chi connectivity index (χ3v) is 4.40. The molecule has 32 heavy (non-hydrogen) atoms. The first-order valence-corrected chi connectivity index (χ1v) is 9.57. The molecule has 1 amide bonds. The minimum Gasteiger partial charge on any atom is -0.481 e. The number of benzene rings is 2. The average molecular weight is 465 g/mol. The minimum absolute atomic E-state index is 0.284. The van der Waals surface area contributed by atoms with E-state index in [4.69, 9.17) is 21.1 Å². The molecule has 0 aliphatic heterocycles. The third kappa shape index (κ3) is 6.21. The third-order valence-electron chi connectivity index (χ3n) is 4.11. The lowest BCUT2D eigenvalue weighted by molar-refractivity contribution is -0.149. The number of anilines is 1. The van der Waals surface area contributed by atoms with Crippen molar-refractivity contribution in [3.05, 3.63) is 77.4 Å². The number of ether oxygens (including phenoxy) is 2. The molecule has 0 unspecified atom stereocenters. The van der Waals surface area contributed by atoms with Gasteiger partial charge in [0.1, 0.15) is 5.75 Å². The summed E-state index contributed by atoms with van der Waals surface area (Å²) in [5.41, 5.74) is 0.623. The molecule has 10 heteroatoms. The summed E-state index contributed by atoms with van der Waals surface area (Å²) in [5.74, 6) is -1.46. The van der Waals surface area contributed by atoms with E-state index in [1.807, 2.05) is 42.5 Å². The maximum Gasteiger partial charge on any atom is 0.417 e. The summed E-state index contributed by atoms with van der Waals surface area (Å²) in [4.78, 5) is 27.3. The molecule has 1 heterocycles. The number of nitrogens with zero attached hydrogens (tertiary/aromatic N) is 1. The van der Waals surface area contributed by atoms with E-state index in [-0.39, 0.29) is 5.82 Å². The summed E-state index contributed by atoms with van der Waals surface area (Å²) in [5, 5.41) is 1.78. The van der Waals surface area contributed by atoms with Crippen molar-refractivity contribution in [2.75, 3.05) is 18.5 Å². The SMILES string of the molecule is O=C(COC(=O)COc1ccccc1-c1ccccc1)Nc1ncc(C(F)(F)F)cc1Cl. The van der Waals surface area contributed by atoms with E-state index < -0.39 is 41.9 Å². The molecule has 0 saturated heterocycles. The van der Waals surface area contributed by atoms with Crippen LogP contribution in [0.1, 0.15) is 5.56 Å². The van der Waals surface area contributed by atoms with Gasteiger partial charge in [0.05, 0.1) is 10.6 Å². The Morgan fingerprint density at radius 2 is 1.69 bits per heavy atom. The average Bonchev–Trinajstić information content (AvgIpc) is 2.77. The van der Waals surface area contributed by atoms with Gasteiger partial charge in [-0.1, -0.05) is 60.1 Å². The fourth-order valence-corrected chi connectivity index (χ4v) is 2.84. The van der Waals surface area contributed by atoms with Gasteiger partial charge in [-0.2, -0.15) is 13.2 Å². The molecular formula is C22H16ClF3N2O4. The van der Waals surface area contributed by atoms with E-state index in [1.165, 1.54) is 0 Å². The highest BCUT2D eigenvalue weighted by molar-refractivity contribution is 6.33. The monoisotopic (exact) mass is 464 g/mol. The lowest BCUT2D eigenvalue weighted by atomic mass is 10.1. The van der Waals surface area contributed by atoms with Crippen molar-refractivity contribution < 1.29 is 32.2 Å². The molecule has 0 aliphatic carbocycles. The molecule has 1 aromatic heterocycles. The lowest BCUT2D eigenvalue weighted by Crippen LogP contribution is -2.24. The van der Waals surface area contributed by atoms with Gasteiger partial charge < -0.3 is 14.8 Å². The topological polar surface area (TPSA) is 77.5 Å². The van der Waals surface area contributed by atoms with Crippen LogP contribution in [-0.2, 0) is 20.5 Å². The Morgan fingerprint density at radius 3 is 2.38 bits per heavy atom. The highest BCUT2D eigenvalue weighted by Crippen LogP contribution is 2.32. The molecule has 3 aromatic rings. The van der Waals surface area contributed by atoms with E-state index in [2.05, 4.69) is 10.3 Å². The lowest BCUT2D eigenvalue weighted by Gasteiger charge is -2.12. The highest BCUT2D eigenvalue weighted by atomic mass is 35.5. The van der Waals surface area contributed by atoms with E-state index in [1.54, 1.807) is 12.1 Å². The molecule has 3 rings (SSSR count). The molecule has 0 fully saturated rings. The first-order valence-electron chi connectivity index (χ1n) is 9.19. The summed E-state index contributed by atoms with van der Waals surface area (Å²) >= 11 is 5.72. The van der Waals surface area contributed by atoms with Crippen molar-refractivity contribution in [3.8, 4) is 16.9 Å². The summed E-state index contributed by atoms with van der Waals surface area (Å²) in [6, 6.07) is 17.2. The molecule has 1 N–H and O–H groups in total. The number of hydrogen-bond acceptors (Lipinski definition) is 5. The van der Waals surface area contributed by atoms with Crippen LogP contribution in [0.25, 0.3) is 11.1 Å². The quantitative estimate of drug-likeness (QED) is 0.499. The number of carbonyl (C=O) groups is 2. The van der Waals surface area contributed by atoms with Crippen LogP contribution in [0.3, 0.4) is 0 Å². The number of esters is 1. The summed E-state index contributed by atoms with van der Waals surface area (Å²) in [7, 11) is 0. The molecule has 0 aliphatic rings. The number of rotatable bonds is 7. The zero-order valence-electron chi connectivity index (χ0n) is 16.4. The maximum absolute atomic E-state index is 12.6. The predicted molar refractivity (Wildman–Crippen MR) is 111 cm³/mol. The van der Waals surface area contributed by atoms with Crippen LogP contribution in [0.15, 0.2) is 66.9 Å². The zero-order valence-corrected chi connectivity index (χ0v) is 17.1. The van der Waals surface area contributed by atoms with Crippen LogP contribution in [0.4, 0.5) is 19.0 Å². The maximum atomic E-state index is 12.6. The van der Waals surface area contributed by atoms with Gasteiger partial charge in [0, 0.05) is 11.8 Å². The second kappa shape index (κ2) is 10.1. The molecule has 166 valence electrons. The summed E-state index contributed by atoms with van der Waals surface area (Å²) < 4.78 is 48.3. The smallest absolute Gasteiger partial charge is 0.417 e. The molecule has 2 aromatic carbocycles. The Kier molecular flexibility index (Phi) is 7.32. The number of carbonyl (C=O) groups excluding carboxylic acids is 2. The first kappa shape index (κ1) is 23.1. The Labute approximate surface area is 185 Å². The normalized spacial score (nSPS) is 11.0. The van der Waals surface area contributed by atoms with Crippen LogP contribution in [-0.4, -0.2) is 30.1 Å². The summed E-state index contributed by atoms with van der Waals surface area (Å²) in [6.07, 6.45) is -4.08. The molecule has 0 radical (unpaired) electrons. The summed E-state index contributed by atoms with van der Waals surface area (Å²) in [6.45, 7) is -1.14. The molecule has 0 spiro atoms. The zero-order chi connectivity index (χ0) is 23.1. The van der Waals surface area contributed by atoms with Crippen molar-refractivity contribution in [3.63, 3.8) is 0 Å². The fraction of sp³-hybridized carbons (Fsp3) is 0.136. The molecule has 0 atom stereocenters. The van der Waals surface area contributed by atoms with Crippen molar-refractivity contribution in [1.29, 1.82) is 0 Å². The standard InChI is InChI=1S/C22H16ClF3N2O4/c23-17-10-15(22(24,25)26)11-27-21(17)28-19(29)12-32-20(30)13-31-18-9-5-4-8-16(18)14-6-2-1-3-7-14/h1-11H,12-13H2,(H,27,28,29). The van der Waals surface area contributed by atoms with E-state index in [0.717, 1.165) is 11.1 Å². The Hall–Kier alpha value is -3.59. The second-order valence-corrected chi connectivity index (χ2v) is 6.82. The minimum atomic E-state index is -4.62. The van der Waals surface area contributed by atoms with Crippen molar-refractivity contribution >= 4 is 29.3 Å². The van der Waals surface area contributed by atoms with E-state index >= 15 is 0 Å². The number of hydrogen-bond donors (Lipinski definition) is 1. The Bertz CT molecular complexity index is 1110. The number of pyridine rings is 1. The van der Waals surface area contributed by atoms with Crippen LogP contribution < -0.4 is 10.1 Å². The van der Waals surface area contributed by atoms with Gasteiger partial charge in [-0.25, -0.2) is 9.78 Å². The predicted octanol–water partition coefficient (Wildman–Crippen LogP) is 4.98. The van der Waals surface area contributed by atoms with Gasteiger partial charge in [-0.15, -0.1) is 0 Å². The number of alkyl halides is 3.